The maximum absolute atomic E-state index is 11.9. The lowest BCUT2D eigenvalue weighted by Gasteiger charge is -2.10. The Labute approximate surface area is 121 Å². The van der Waals surface area contributed by atoms with Gasteiger partial charge >= 0.3 is 5.97 Å². The second kappa shape index (κ2) is 6.04. The van der Waals surface area contributed by atoms with Gasteiger partial charge in [0.25, 0.3) is 5.69 Å². The van der Waals surface area contributed by atoms with Gasteiger partial charge in [-0.2, -0.15) is 0 Å². The first-order chi connectivity index (χ1) is 10.1. The molecule has 0 saturated carbocycles. The molecule has 0 saturated heterocycles. The maximum Gasteiger partial charge on any atom is 0.338 e. The summed E-state index contributed by atoms with van der Waals surface area (Å²) in [6.45, 7) is 0. The van der Waals surface area contributed by atoms with Crippen molar-refractivity contribution in [3.05, 3.63) is 58.1 Å². The van der Waals surface area contributed by atoms with Crippen LogP contribution in [0.5, 0.6) is 5.75 Å². The van der Waals surface area contributed by atoms with Crippen molar-refractivity contribution in [2.45, 2.75) is 0 Å². The zero-order valence-corrected chi connectivity index (χ0v) is 11.5. The summed E-state index contributed by atoms with van der Waals surface area (Å²) in [5.41, 5.74) is 1.36. The van der Waals surface area contributed by atoms with Gasteiger partial charge in [0.1, 0.15) is 5.75 Å². The van der Waals surface area contributed by atoms with Gasteiger partial charge in [0, 0.05) is 12.1 Å². The Balaban J connectivity index is 2.60. The summed E-state index contributed by atoms with van der Waals surface area (Å²) >= 11 is 0. The van der Waals surface area contributed by atoms with Crippen LogP contribution in [0.25, 0.3) is 11.1 Å². The van der Waals surface area contributed by atoms with E-state index in [2.05, 4.69) is 0 Å². The Morgan fingerprint density at radius 2 is 1.90 bits per heavy atom. The number of nitro benzene ring substituents is 1. The molecule has 0 amide bonds. The van der Waals surface area contributed by atoms with Gasteiger partial charge in [-0.3, -0.25) is 10.1 Å². The van der Waals surface area contributed by atoms with Crippen LogP contribution in [0.3, 0.4) is 0 Å². The van der Waals surface area contributed by atoms with Crippen molar-refractivity contribution in [2.75, 3.05) is 14.2 Å². The van der Waals surface area contributed by atoms with Crippen molar-refractivity contribution in [3.8, 4) is 16.9 Å². The summed E-state index contributed by atoms with van der Waals surface area (Å²) in [7, 11) is 2.77. The van der Waals surface area contributed by atoms with Gasteiger partial charge in [-0.1, -0.05) is 12.1 Å². The summed E-state index contributed by atoms with van der Waals surface area (Å²) < 4.78 is 9.83. The van der Waals surface area contributed by atoms with Gasteiger partial charge in [0.2, 0.25) is 0 Å². The summed E-state index contributed by atoms with van der Waals surface area (Å²) in [5, 5.41) is 10.9. The largest absolute Gasteiger partial charge is 0.497 e. The van der Waals surface area contributed by atoms with Gasteiger partial charge in [-0.25, -0.2) is 4.79 Å². The highest BCUT2D eigenvalue weighted by Gasteiger charge is 2.16. The smallest absolute Gasteiger partial charge is 0.338 e. The fourth-order valence-corrected chi connectivity index (χ4v) is 1.97. The lowest BCUT2D eigenvalue weighted by atomic mass is 9.99. The first kappa shape index (κ1) is 14.5. The first-order valence-corrected chi connectivity index (χ1v) is 6.08. The molecule has 2 aromatic carbocycles. The van der Waals surface area contributed by atoms with Crippen LogP contribution in [0.1, 0.15) is 10.4 Å². The van der Waals surface area contributed by atoms with Crippen molar-refractivity contribution in [1.82, 2.24) is 0 Å². The quantitative estimate of drug-likeness (QED) is 0.490. The second-order valence-electron chi connectivity index (χ2n) is 4.21. The Kier molecular flexibility index (Phi) is 4.18. The van der Waals surface area contributed by atoms with Gasteiger partial charge in [0.15, 0.2) is 0 Å². The molecule has 0 heterocycles. The molecule has 0 aliphatic carbocycles. The number of esters is 1. The molecule has 108 valence electrons. The summed E-state index contributed by atoms with van der Waals surface area (Å²) in [5.74, 6) is -0.0278. The van der Waals surface area contributed by atoms with Gasteiger partial charge in [-0.05, 0) is 29.3 Å². The Morgan fingerprint density at radius 1 is 1.14 bits per heavy atom. The van der Waals surface area contributed by atoms with E-state index in [-0.39, 0.29) is 11.3 Å². The molecule has 0 fully saturated rings. The van der Waals surface area contributed by atoms with Gasteiger partial charge in [-0.15, -0.1) is 0 Å². The molecule has 0 spiro atoms. The molecule has 6 nitrogen and oxygen atoms in total. The van der Waals surface area contributed by atoms with Crippen LogP contribution in [-0.2, 0) is 4.74 Å². The summed E-state index contributed by atoms with van der Waals surface area (Å²) in [4.78, 5) is 22.3. The van der Waals surface area contributed by atoms with Crippen LogP contribution in [0, 0.1) is 10.1 Å². The average molecular weight is 287 g/mol. The normalized spacial score (nSPS) is 10.0. The number of non-ortho nitro benzene ring substituents is 1. The molecule has 0 aliphatic heterocycles. The number of carbonyl (C=O) groups excluding carboxylic acids is 1. The highest BCUT2D eigenvalue weighted by Crippen LogP contribution is 2.30. The molecule has 0 aliphatic rings. The third kappa shape index (κ3) is 3.00. The fourth-order valence-electron chi connectivity index (χ4n) is 1.97. The van der Waals surface area contributed by atoms with E-state index >= 15 is 0 Å². The third-order valence-corrected chi connectivity index (χ3v) is 3.00. The van der Waals surface area contributed by atoms with E-state index in [4.69, 9.17) is 9.47 Å². The van der Waals surface area contributed by atoms with E-state index in [0.717, 1.165) is 0 Å². The highest BCUT2D eigenvalue weighted by molar-refractivity contribution is 5.97. The number of methoxy groups -OCH3 is 2. The Bertz CT molecular complexity index is 696. The number of nitrogens with zero attached hydrogens (tertiary/aromatic N) is 1. The standard InChI is InChI=1S/C15H13NO5/c1-20-12-6-7-13(14(9-12)15(17)21-2)10-4-3-5-11(8-10)16(18)19/h3-9H,1-2H3. The zero-order chi connectivity index (χ0) is 15.4. The number of benzene rings is 2. The first-order valence-electron chi connectivity index (χ1n) is 6.08. The molecule has 0 aromatic heterocycles. The Morgan fingerprint density at radius 3 is 2.52 bits per heavy atom. The molecule has 0 N–H and O–H groups in total. The number of hydrogen-bond acceptors (Lipinski definition) is 5. The summed E-state index contributed by atoms with van der Waals surface area (Å²) in [6, 6.07) is 11.0. The molecule has 2 rings (SSSR count). The zero-order valence-electron chi connectivity index (χ0n) is 11.5. The van der Waals surface area contributed by atoms with Crippen LogP contribution in [0.15, 0.2) is 42.5 Å². The molecule has 0 atom stereocenters. The fraction of sp³-hybridized carbons (Fsp3) is 0.133. The second-order valence-corrected chi connectivity index (χ2v) is 4.21. The molecule has 0 radical (unpaired) electrons. The molecule has 6 heteroatoms. The van der Waals surface area contributed by atoms with E-state index in [0.29, 0.717) is 16.9 Å². The van der Waals surface area contributed by atoms with Gasteiger partial charge < -0.3 is 9.47 Å². The van der Waals surface area contributed by atoms with Crippen molar-refractivity contribution in [2.24, 2.45) is 0 Å². The van der Waals surface area contributed by atoms with Crippen LogP contribution < -0.4 is 4.74 Å². The van der Waals surface area contributed by atoms with E-state index in [1.807, 2.05) is 0 Å². The predicted molar refractivity (Wildman–Crippen MR) is 76.4 cm³/mol. The number of rotatable bonds is 4. The van der Waals surface area contributed by atoms with Crippen LogP contribution in [0.2, 0.25) is 0 Å². The molecular formula is C15H13NO5. The minimum absolute atomic E-state index is 0.0425. The maximum atomic E-state index is 11.9. The van der Waals surface area contributed by atoms with Crippen LogP contribution in [0.4, 0.5) is 5.69 Å². The van der Waals surface area contributed by atoms with Crippen LogP contribution >= 0.6 is 0 Å². The van der Waals surface area contributed by atoms with Crippen molar-refractivity contribution >= 4 is 11.7 Å². The van der Waals surface area contributed by atoms with Crippen LogP contribution in [-0.4, -0.2) is 25.1 Å². The molecule has 21 heavy (non-hydrogen) atoms. The van der Waals surface area contributed by atoms with Gasteiger partial charge in [0.05, 0.1) is 24.7 Å². The van der Waals surface area contributed by atoms with Crippen molar-refractivity contribution in [3.63, 3.8) is 0 Å². The van der Waals surface area contributed by atoms with E-state index in [1.54, 1.807) is 30.3 Å². The topological polar surface area (TPSA) is 78.7 Å². The van der Waals surface area contributed by atoms with Crippen molar-refractivity contribution < 1.29 is 19.2 Å². The number of hydrogen-bond donors (Lipinski definition) is 0. The summed E-state index contributed by atoms with van der Waals surface area (Å²) in [6.07, 6.45) is 0. The molecule has 0 bridgehead atoms. The van der Waals surface area contributed by atoms with E-state index in [9.17, 15) is 14.9 Å². The molecule has 0 unspecified atom stereocenters. The Hall–Kier alpha value is -2.89. The third-order valence-electron chi connectivity index (χ3n) is 3.00. The predicted octanol–water partition coefficient (Wildman–Crippen LogP) is 3.06. The monoisotopic (exact) mass is 287 g/mol. The molecular weight excluding hydrogens is 274 g/mol. The lowest BCUT2D eigenvalue weighted by Crippen LogP contribution is -2.04. The van der Waals surface area contributed by atoms with E-state index in [1.165, 1.54) is 26.4 Å². The number of nitro groups is 1. The lowest BCUT2D eigenvalue weighted by molar-refractivity contribution is -0.384. The average Bonchev–Trinajstić information content (AvgIpc) is 2.53. The highest BCUT2D eigenvalue weighted by atomic mass is 16.6. The minimum Gasteiger partial charge on any atom is -0.497 e. The van der Waals surface area contributed by atoms with Crippen molar-refractivity contribution in [1.29, 1.82) is 0 Å². The van der Waals surface area contributed by atoms with E-state index < -0.39 is 10.9 Å². The number of carbonyl (C=O) groups is 1. The molecule has 2 aromatic rings. The SMILES string of the molecule is COC(=O)c1cc(OC)ccc1-c1cccc([N+](=O)[O-])c1. The number of ether oxygens (including phenoxy) is 2. The minimum atomic E-state index is -0.532.